The maximum atomic E-state index is 11.4. The van der Waals surface area contributed by atoms with E-state index in [1.807, 2.05) is 6.92 Å². The van der Waals surface area contributed by atoms with Crippen LogP contribution in [0.1, 0.15) is 18.5 Å². The Kier molecular flexibility index (Phi) is 4.14. The van der Waals surface area contributed by atoms with Crippen LogP contribution >= 0.6 is 0 Å². The summed E-state index contributed by atoms with van der Waals surface area (Å²) >= 11 is 0. The van der Waals surface area contributed by atoms with Gasteiger partial charge in [-0.2, -0.15) is 5.10 Å². The molecule has 0 bridgehead atoms. The molecule has 8 heteroatoms. The fourth-order valence-electron chi connectivity index (χ4n) is 1.67. The van der Waals surface area contributed by atoms with Gasteiger partial charge in [0.15, 0.2) is 6.04 Å². The number of nitrogens with zero attached hydrogens (tertiary/aromatic N) is 4. The van der Waals surface area contributed by atoms with Crippen LogP contribution in [0.5, 0.6) is 5.88 Å². The Bertz CT molecular complexity index is 598. The normalized spacial score (nSPS) is 11.9. The highest BCUT2D eigenvalue weighted by Gasteiger charge is 2.21. The molecule has 0 radical (unpaired) electrons. The Morgan fingerprint density at radius 1 is 1.55 bits per heavy atom. The van der Waals surface area contributed by atoms with Gasteiger partial charge in [0.05, 0.1) is 12.8 Å². The monoisotopic (exact) mass is 277 g/mol. The number of aromatic nitrogens is 4. The molecule has 0 amide bonds. The zero-order valence-electron chi connectivity index (χ0n) is 11.1. The molecule has 0 aliphatic rings. The van der Waals surface area contributed by atoms with Crippen molar-refractivity contribution in [2.75, 3.05) is 11.9 Å². The van der Waals surface area contributed by atoms with E-state index in [9.17, 15) is 9.90 Å². The van der Waals surface area contributed by atoms with Gasteiger partial charge in [0.1, 0.15) is 12.1 Å². The van der Waals surface area contributed by atoms with Crippen molar-refractivity contribution in [1.29, 1.82) is 0 Å². The van der Waals surface area contributed by atoms with Crippen molar-refractivity contribution in [2.24, 2.45) is 7.05 Å². The number of hydrogen-bond acceptors (Lipinski definition) is 6. The highest BCUT2D eigenvalue weighted by atomic mass is 16.5. The second-order valence-corrected chi connectivity index (χ2v) is 4.04. The zero-order valence-corrected chi connectivity index (χ0v) is 11.1. The van der Waals surface area contributed by atoms with Crippen molar-refractivity contribution in [1.82, 2.24) is 19.7 Å². The number of carboxylic acid groups (broad SMARTS) is 1. The number of carbonyl (C=O) groups is 1. The summed E-state index contributed by atoms with van der Waals surface area (Å²) in [5.41, 5.74) is 0.538. The van der Waals surface area contributed by atoms with Gasteiger partial charge in [-0.05, 0) is 6.92 Å². The fraction of sp³-hybridized carbons (Fsp3) is 0.333. The molecule has 2 rings (SSSR count). The Morgan fingerprint density at radius 3 is 2.95 bits per heavy atom. The molecule has 0 aliphatic heterocycles. The number of aliphatic carboxylic acids is 1. The molecule has 1 atom stereocenters. The Balaban J connectivity index is 2.20. The smallest absolute Gasteiger partial charge is 0.330 e. The van der Waals surface area contributed by atoms with Crippen molar-refractivity contribution in [3.8, 4) is 5.88 Å². The van der Waals surface area contributed by atoms with E-state index in [1.165, 1.54) is 12.5 Å². The topological polar surface area (TPSA) is 102 Å². The lowest BCUT2D eigenvalue weighted by Gasteiger charge is -2.13. The van der Waals surface area contributed by atoms with Crippen LogP contribution in [0.25, 0.3) is 0 Å². The molecule has 2 aromatic heterocycles. The molecule has 8 nitrogen and oxygen atoms in total. The summed E-state index contributed by atoms with van der Waals surface area (Å²) in [6, 6.07) is 0.614. The highest BCUT2D eigenvalue weighted by molar-refractivity contribution is 5.78. The van der Waals surface area contributed by atoms with E-state index in [0.29, 0.717) is 23.9 Å². The van der Waals surface area contributed by atoms with Crippen molar-refractivity contribution in [3.05, 3.63) is 30.4 Å². The lowest BCUT2D eigenvalue weighted by Crippen LogP contribution is -2.20. The molecule has 0 saturated carbocycles. The molecule has 2 N–H and O–H groups in total. The fourth-order valence-corrected chi connectivity index (χ4v) is 1.67. The van der Waals surface area contributed by atoms with Crippen molar-refractivity contribution in [3.63, 3.8) is 0 Å². The zero-order chi connectivity index (χ0) is 14.5. The first-order valence-corrected chi connectivity index (χ1v) is 6.03. The second kappa shape index (κ2) is 6.00. The van der Waals surface area contributed by atoms with E-state index >= 15 is 0 Å². The second-order valence-electron chi connectivity index (χ2n) is 4.04. The molecule has 0 saturated heterocycles. The number of rotatable bonds is 6. The number of hydrogen-bond donors (Lipinski definition) is 2. The molecule has 0 fully saturated rings. The predicted molar refractivity (Wildman–Crippen MR) is 70.4 cm³/mol. The van der Waals surface area contributed by atoms with Gasteiger partial charge in [0.2, 0.25) is 5.88 Å². The average molecular weight is 277 g/mol. The number of nitrogens with one attached hydrogen (secondary N) is 1. The summed E-state index contributed by atoms with van der Waals surface area (Å²) in [6.45, 7) is 2.31. The standard InChI is InChI=1S/C12H15N5O3/c1-3-20-10-4-9(13-7-14-10)16-11(12(18)19)8-5-15-17(2)6-8/h4-7,11H,3H2,1-2H3,(H,18,19)(H,13,14,16). The third kappa shape index (κ3) is 3.22. The lowest BCUT2D eigenvalue weighted by atomic mass is 10.1. The Morgan fingerprint density at radius 2 is 2.35 bits per heavy atom. The lowest BCUT2D eigenvalue weighted by molar-refractivity contribution is -0.138. The van der Waals surface area contributed by atoms with Crippen LogP contribution in [0.2, 0.25) is 0 Å². The van der Waals surface area contributed by atoms with Gasteiger partial charge >= 0.3 is 5.97 Å². The molecule has 2 aromatic rings. The first kappa shape index (κ1) is 13.8. The molecule has 106 valence electrons. The molecular weight excluding hydrogens is 262 g/mol. The summed E-state index contributed by atoms with van der Waals surface area (Å²) in [5.74, 6) is -0.255. The van der Waals surface area contributed by atoms with Crippen LogP contribution in [-0.4, -0.2) is 37.4 Å². The maximum absolute atomic E-state index is 11.4. The van der Waals surface area contributed by atoms with Gasteiger partial charge < -0.3 is 15.2 Å². The van der Waals surface area contributed by atoms with Crippen LogP contribution in [-0.2, 0) is 11.8 Å². The highest BCUT2D eigenvalue weighted by Crippen LogP contribution is 2.19. The largest absolute Gasteiger partial charge is 0.479 e. The van der Waals surface area contributed by atoms with Crippen LogP contribution in [0.3, 0.4) is 0 Å². The minimum absolute atomic E-state index is 0.375. The summed E-state index contributed by atoms with van der Waals surface area (Å²) in [7, 11) is 1.72. The summed E-state index contributed by atoms with van der Waals surface area (Å²) < 4.78 is 6.78. The summed E-state index contributed by atoms with van der Waals surface area (Å²) in [6.07, 6.45) is 4.45. The van der Waals surface area contributed by atoms with Gasteiger partial charge in [-0.3, -0.25) is 4.68 Å². The van der Waals surface area contributed by atoms with Gasteiger partial charge in [-0.1, -0.05) is 0 Å². The molecule has 0 aromatic carbocycles. The number of anilines is 1. The molecule has 0 aliphatic carbocycles. The van der Waals surface area contributed by atoms with E-state index in [4.69, 9.17) is 4.74 Å². The van der Waals surface area contributed by atoms with Gasteiger partial charge in [-0.15, -0.1) is 0 Å². The third-order valence-electron chi connectivity index (χ3n) is 2.53. The minimum Gasteiger partial charge on any atom is -0.479 e. The number of carboxylic acids is 1. The Labute approximate surface area is 115 Å². The van der Waals surface area contributed by atoms with Gasteiger partial charge in [0.25, 0.3) is 0 Å². The van der Waals surface area contributed by atoms with Crippen molar-refractivity contribution < 1.29 is 14.6 Å². The number of aryl methyl sites for hydroxylation is 1. The number of ether oxygens (including phenoxy) is 1. The van der Waals surface area contributed by atoms with E-state index in [2.05, 4.69) is 20.4 Å². The predicted octanol–water partition coefficient (Wildman–Crippen LogP) is 0.847. The van der Waals surface area contributed by atoms with Crippen LogP contribution < -0.4 is 10.1 Å². The molecule has 2 heterocycles. The third-order valence-corrected chi connectivity index (χ3v) is 2.53. The minimum atomic E-state index is -1.02. The van der Waals surface area contributed by atoms with Crippen molar-refractivity contribution >= 4 is 11.8 Å². The van der Waals surface area contributed by atoms with Crippen LogP contribution in [0.15, 0.2) is 24.8 Å². The first-order valence-electron chi connectivity index (χ1n) is 6.03. The van der Waals surface area contributed by atoms with Gasteiger partial charge in [-0.25, -0.2) is 14.8 Å². The SMILES string of the molecule is CCOc1cc(NC(C(=O)O)c2cnn(C)c2)ncn1. The molecule has 0 spiro atoms. The summed E-state index contributed by atoms with van der Waals surface area (Å²) in [5, 5.41) is 16.1. The van der Waals surface area contributed by atoms with Gasteiger partial charge in [0, 0.05) is 24.9 Å². The molecular formula is C12H15N5O3. The first-order chi connectivity index (χ1) is 9.60. The van der Waals surface area contributed by atoms with E-state index in [-0.39, 0.29) is 0 Å². The molecule has 1 unspecified atom stereocenters. The molecule has 20 heavy (non-hydrogen) atoms. The quantitative estimate of drug-likeness (QED) is 0.806. The van der Waals surface area contributed by atoms with E-state index in [1.54, 1.807) is 24.0 Å². The van der Waals surface area contributed by atoms with E-state index in [0.717, 1.165) is 0 Å². The average Bonchev–Trinajstić information content (AvgIpc) is 2.83. The summed E-state index contributed by atoms with van der Waals surface area (Å²) in [4.78, 5) is 19.3. The van der Waals surface area contributed by atoms with Crippen LogP contribution in [0.4, 0.5) is 5.82 Å². The van der Waals surface area contributed by atoms with E-state index < -0.39 is 12.0 Å². The Hall–Kier alpha value is -2.64. The van der Waals surface area contributed by atoms with Crippen molar-refractivity contribution in [2.45, 2.75) is 13.0 Å². The van der Waals surface area contributed by atoms with Crippen LogP contribution in [0, 0.1) is 0 Å². The maximum Gasteiger partial charge on any atom is 0.330 e.